The number of benzene rings is 3. The molecule has 3 aromatic carbocycles. The van der Waals surface area contributed by atoms with Crippen molar-refractivity contribution in [2.75, 3.05) is 13.2 Å². The molecule has 0 fully saturated rings. The van der Waals surface area contributed by atoms with Crippen LogP contribution in [0.1, 0.15) is 48.2 Å². The van der Waals surface area contributed by atoms with Gasteiger partial charge in [0.1, 0.15) is 11.5 Å². The summed E-state index contributed by atoms with van der Waals surface area (Å²) >= 11 is 0. The minimum Gasteiger partial charge on any atom is -0.494 e. The standard InChI is InChI=1S/C34H35N5O4/c40-33(41)15-8-22-39-25-28(10-7-14-32-35-37-38-36-32)31-13-6-9-27(34(31)39)19-16-26-17-20-30(21-18-26)43-24-5-4-23-42-29-11-2-1-3-12-29/h1-3,6,8-9,11-13,16-22,25H,4-5,7,10,14-15,23-24H2,(H,40,41)(H,35,36,37,38). The lowest BCUT2D eigenvalue weighted by atomic mass is 10.0. The molecule has 0 saturated heterocycles. The molecule has 5 aromatic rings. The van der Waals surface area contributed by atoms with Gasteiger partial charge in [0, 0.05) is 24.2 Å². The highest BCUT2D eigenvalue weighted by molar-refractivity contribution is 5.94. The van der Waals surface area contributed by atoms with Gasteiger partial charge in [0.2, 0.25) is 0 Å². The molecule has 2 N–H and O–H groups in total. The Bertz CT molecular complexity index is 1640. The minimum absolute atomic E-state index is 0.0409. The van der Waals surface area contributed by atoms with E-state index < -0.39 is 5.97 Å². The molecule has 0 amide bonds. The first kappa shape index (κ1) is 29.3. The predicted molar refractivity (Wildman–Crippen MR) is 168 cm³/mol. The van der Waals surface area contributed by atoms with Crippen molar-refractivity contribution in [3.05, 3.63) is 108 Å². The van der Waals surface area contributed by atoms with Crippen LogP contribution in [0.25, 0.3) is 29.3 Å². The molecule has 220 valence electrons. The maximum Gasteiger partial charge on any atom is 0.307 e. The van der Waals surface area contributed by atoms with Gasteiger partial charge in [-0.05, 0) is 66.6 Å². The number of fused-ring (bicyclic) bond motifs is 1. The molecule has 9 nitrogen and oxygen atoms in total. The first-order valence-corrected chi connectivity index (χ1v) is 14.5. The number of unbranched alkanes of at least 4 members (excludes halogenated alkanes) is 1. The molecule has 0 atom stereocenters. The Hall–Kier alpha value is -5.18. The molecule has 9 heteroatoms. The lowest BCUT2D eigenvalue weighted by molar-refractivity contribution is -0.135. The molecule has 0 bridgehead atoms. The van der Waals surface area contributed by atoms with Gasteiger partial charge < -0.3 is 19.1 Å². The van der Waals surface area contributed by atoms with Crippen LogP contribution in [0, 0.1) is 0 Å². The number of rotatable bonds is 16. The number of nitrogens with zero attached hydrogens (tertiary/aromatic N) is 4. The van der Waals surface area contributed by atoms with E-state index in [4.69, 9.17) is 14.6 Å². The highest BCUT2D eigenvalue weighted by Crippen LogP contribution is 2.28. The van der Waals surface area contributed by atoms with E-state index >= 15 is 0 Å². The van der Waals surface area contributed by atoms with Gasteiger partial charge in [-0.15, -0.1) is 10.2 Å². The molecule has 0 spiro atoms. The maximum absolute atomic E-state index is 11.1. The van der Waals surface area contributed by atoms with E-state index in [1.807, 2.05) is 65.4 Å². The summed E-state index contributed by atoms with van der Waals surface area (Å²) in [6.45, 7) is 1.31. The summed E-state index contributed by atoms with van der Waals surface area (Å²) in [7, 11) is 0. The van der Waals surface area contributed by atoms with E-state index in [-0.39, 0.29) is 6.42 Å². The minimum atomic E-state index is -0.863. The molecule has 43 heavy (non-hydrogen) atoms. The lowest BCUT2D eigenvalue weighted by Crippen LogP contribution is -2.02. The number of hydrogen-bond acceptors (Lipinski definition) is 6. The Morgan fingerprint density at radius 2 is 1.63 bits per heavy atom. The van der Waals surface area contributed by atoms with E-state index in [1.165, 1.54) is 5.56 Å². The number of aryl methyl sites for hydroxylation is 2. The zero-order chi connectivity index (χ0) is 29.7. The highest BCUT2D eigenvalue weighted by Gasteiger charge is 2.11. The Balaban J connectivity index is 1.21. The average Bonchev–Trinajstić information content (AvgIpc) is 3.67. The number of para-hydroxylation sites is 2. The van der Waals surface area contributed by atoms with Crippen molar-refractivity contribution in [3.8, 4) is 11.5 Å². The van der Waals surface area contributed by atoms with Gasteiger partial charge in [0.15, 0.2) is 5.82 Å². The SMILES string of the molecule is O=C(O)CC=Cn1cc(CCCc2nn[nH]n2)c2cccc(C=Cc3ccc(OCCCCOc4ccccc4)cc3)c21. The van der Waals surface area contributed by atoms with Crippen molar-refractivity contribution >= 4 is 35.2 Å². The van der Waals surface area contributed by atoms with Crippen LogP contribution in [-0.4, -0.2) is 49.5 Å². The van der Waals surface area contributed by atoms with E-state index in [2.05, 4.69) is 57.2 Å². The molecular weight excluding hydrogens is 542 g/mol. The smallest absolute Gasteiger partial charge is 0.307 e. The fourth-order valence-electron chi connectivity index (χ4n) is 4.82. The van der Waals surface area contributed by atoms with E-state index in [0.717, 1.165) is 65.6 Å². The number of carboxylic acid groups (broad SMARTS) is 1. The van der Waals surface area contributed by atoms with Crippen molar-refractivity contribution in [3.63, 3.8) is 0 Å². The van der Waals surface area contributed by atoms with E-state index in [9.17, 15) is 4.79 Å². The molecule has 0 aliphatic heterocycles. The summed E-state index contributed by atoms with van der Waals surface area (Å²) in [6.07, 6.45) is 14.0. The third-order valence-electron chi connectivity index (χ3n) is 6.92. The lowest BCUT2D eigenvalue weighted by Gasteiger charge is -2.08. The summed E-state index contributed by atoms with van der Waals surface area (Å²) in [5.74, 6) is 1.56. The Kier molecular flexibility index (Phi) is 10.3. The van der Waals surface area contributed by atoms with Gasteiger partial charge in [-0.2, -0.15) is 5.21 Å². The highest BCUT2D eigenvalue weighted by atomic mass is 16.5. The van der Waals surface area contributed by atoms with Gasteiger partial charge in [0.25, 0.3) is 0 Å². The number of tetrazole rings is 1. The van der Waals surface area contributed by atoms with Crippen molar-refractivity contribution in [2.24, 2.45) is 0 Å². The molecule has 5 rings (SSSR count). The van der Waals surface area contributed by atoms with Crippen LogP contribution in [0.3, 0.4) is 0 Å². The monoisotopic (exact) mass is 577 g/mol. The number of ether oxygens (including phenoxy) is 2. The Morgan fingerprint density at radius 1 is 0.860 bits per heavy atom. The molecule has 0 saturated carbocycles. The fraction of sp³-hybridized carbons (Fsp3) is 0.235. The van der Waals surface area contributed by atoms with Crippen LogP contribution in [0.15, 0.2) is 85.1 Å². The van der Waals surface area contributed by atoms with Crippen molar-refractivity contribution in [2.45, 2.75) is 38.5 Å². The van der Waals surface area contributed by atoms with Crippen LogP contribution in [0.5, 0.6) is 11.5 Å². The number of carboxylic acids is 1. The third-order valence-corrected chi connectivity index (χ3v) is 6.92. The molecule has 0 unspecified atom stereocenters. The van der Waals surface area contributed by atoms with Crippen LogP contribution < -0.4 is 9.47 Å². The van der Waals surface area contributed by atoms with E-state index in [1.54, 1.807) is 6.08 Å². The topological polar surface area (TPSA) is 115 Å². The van der Waals surface area contributed by atoms with Crippen molar-refractivity contribution in [1.29, 1.82) is 0 Å². The summed E-state index contributed by atoms with van der Waals surface area (Å²) in [5, 5.41) is 24.4. The molecule has 0 aliphatic rings. The van der Waals surface area contributed by atoms with Gasteiger partial charge in [-0.25, -0.2) is 0 Å². The zero-order valence-corrected chi connectivity index (χ0v) is 23.9. The van der Waals surface area contributed by atoms with Crippen LogP contribution in [-0.2, 0) is 17.6 Å². The second-order valence-electron chi connectivity index (χ2n) is 10.1. The number of aromatic amines is 1. The molecule has 2 heterocycles. The normalized spacial score (nSPS) is 11.5. The first-order chi connectivity index (χ1) is 21.2. The number of hydrogen-bond donors (Lipinski definition) is 2. The van der Waals surface area contributed by atoms with Gasteiger partial charge in [-0.3, -0.25) is 4.79 Å². The van der Waals surface area contributed by atoms with Gasteiger partial charge in [-0.1, -0.05) is 72.0 Å². The third kappa shape index (κ3) is 8.65. The second-order valence-corrected chi connectivity index (χ2v) is 10.1. The fourth-order valence-corrected chi connectivity index (χ4v) is 4.82. The zero-order valence-electron chi connectivity index (χ0n) is 23.9. The van der Waals surface area contributed by atoms with Gasteiger partial charge in [0.05, 0.1) is 25.2 Å². The maximum atomic E-state index is 11.1. The average molecular weight is 578 g/mol. The van der Waals surface area contributed by atoms with Crippen LogP contribution in [0.2, 0.25) is 0 Å². The number of H-pyrrole nitrogens is 1. The van der Waals surface area contributed by atoms with E-state index in [0.29, 0.717) is 19.0 Å². The van der Waals surface area contributed by atoms with Crippen LogP contribution in [0.4, 0.5) is 0 Å². The summed E-state index contributed by atoms with van der Waals surface area (Å²) in [4.78, 5) is 11.1. The summed E-state index contributed by atoms with van der Waals surface area (Å²) in [6, 6.07) is 24.1. The molecular formula is C34H35N5O4. The first-order valence-electron chi connectivity index (χ1n) is 14.5. The molecule has 0 radical (unpaired) electrons. The summed E-state index contributed by atoms with van der Waals surface area (Å²) < 4.78 is 13.7. The Morgan fingerprint density at radius 3 is 2.35 bits per heavy atom. The molecule has 2 aromatic heterocycles. The van der Waals surface area contributed by atoms with Crippen LogP contribution >= 0.6 is 0 Å². The Labute approximate surface area is 250 Å². The van der Waals surface area contributed by atoms with Crippen molar-refractivity contribution in [1.82, 2.24) is 25.2 Å². The number of aliphatic carboxylic acids is 1. The van der Waals surface area contributed by atoms with Gasteiger partial charge >= 0.3 is 5.97 Å². The number of nitrogens with one attached hydrogen (secondary N) is 1. The largest absolute Gasteiger partial charge is 0.494 e. The molecule has 0 aliphatic carbocycles. The quantitative estimate of drug-likeness (QED) is 0.0992. The van der Waals surface area contributed by atoms with Crippen molar-refractivity contribution < 1.29 is 19.4 Å². The summed E-state index contributed by atoms with van der Waals surface area (Å²) in [5.41, 5.74) is 4.31. The second kappa shape index (κ2) is 15.2. The number of aromatic nitrogens is 5. The predicted octanol–water partition coefficient (Wildman–Crippen LogP) is 6.68. The number of carbonyl (C=O) groups is 1.